The molecule has 0 atom stereocenters. The summed E-state index contributed by atoms with van der Waals surface area (Å²) in [6.45, 7) is 1.04. The molecule has 0 bridgehead atoms. The van der Waals surface area contributed by atoms with Gasteiger partial charge >= 0.3 is 6.18 Å². The maximum Gasteiger partial charge on any atom is 0.419 e. The number of hydrogen-bond acceptors (Lipinski definition) is 2. The van der Waals surface area contributed by atoms with Crippen molar-refractivity contribution in [3.63, 3.8) is 0 Å². The van der Waals surface area contributed by atoms with Gasteiger partial charge in [-0.15, -0.1) is 11.6 Å². The quantitative estimate of drug-likeness (QED) is 0.724. The molecule has 0 unspecified atom stereocenters. The van der Waals surface area contributed by atoms with Gasteiger partial charge in [-0.25, -0.2) is 4.98 Å². The SMILES string of the molecule is FC(F)(F)c1cccnc1N1CCC(Cl)CC1. The lowest BCUT2D eigenvalue weighted by Crippen LogP contribution is -2.36. The fourth-order valence-corrected chi connectivity index (χ4v) is 2.13. The van der Waals surface area contributed by atoms with Gasteiger partial charge in [-0.2, -0.15) is 13.2 Å². The Morgan fingerprint density at radius 2 is 1.94 bits per heavy atom. The molecular formula is C11H12ClF3N2. The summed E-state index contributed by atoms with van der Waals surface area (Å²) < 4.78 is 38.4. The van der Waals surface area contributed by atoms with Crippen molar-refractivity contribution < 1.29 is 13.2 Å². The van der Waals surface area contributed by atoms with Crippen LogP contribution in [0.3, 0.4) is 0 Å². The Labute approximate surface area is 102 Å². The number of nitrogens with zero attached hydrogens (tertiary/aromatic N) is 2. The Balaban J connectivity index is 2.26. The summed E-state index contributed by atoms with van der Waals surface area (Å²) in [6, 6.07) is 2.37. The number of aromatic nitrogens is 1. The van der Waals surface area contributed by atoms with E-state index in [2.05, 4.69) is 4.98 Å². The van der Waals surface area contributed by atoms with Crippen LogP contribution in [0.1, 0.15) is 18.4 Å². The van der Waals surface area contributed by atoms with Crippen LogP contribution in [0.4, 0.5) is 19.0 Å². The molecule has 0 N–H and O–H groups in total. The second kappa shape index (κ2) is 4.72. The van der Waals surface area contributed by atoms with Gasteiger partial charge in [0.25, 0.3) is 0 Å². The zero-order valence-electron chi connectivity index (χ0n) is 9.04. The lowest BCUT2D eigenvalue weighted by molar-refractivity contribution is -0.137. The van der Waals surface area contributed by atoms with E-state index in [-0.39, 0.29) is 11.2 Å². The molecule has 1 aromatic heterocycles. The molecule has 1 aromatic rings. The Kier molecular flexibility index (Phi) is 3.47. The van der Waals surface area contributed by atoms with Crippen LogP contribution >= 0.6 is 11.6 Å². The van der Waals surface area contributed by atoms with E-state index in [1.54, 1.807) is 4.90 Å². The van der Waals surface area contributed by atoms with Crippen molar-refractivity contribution in [3.05, 3.63) is 23.9 Å². The van der Waals surface area contributed by atoms with Gasteiger partial charge in [0, 0.05) is 24.7 Å². The first kappa shape index (κ1) is 12.5. The molecule has 1 aliphatic rings. The van der Waals surface area contributed by atoms with E-state index in [9.17, 15) is 13.2 Å². The highest BCUT2D eigenvalue weighted by Crippen LogP contribution is 2.36. The van der Waals surface area contributed by atoms with Crippen LogP contribution < -0.4 is 4.90 Å². The molecule has 94 valence electrons. The minimum Gasteiger partial charge on any atom is -0.356 e. The first-order chi connectivity index (χ1) is 7.98. The van der Waals surface area contributed by atoms with Crippen LogP contribution in [0.2, 0.25) is 0 Å². The van der Waals surface area contributed by atoms with E-state index < -0.39 is 11.7 Å². The van der Waals surface area contributed by atoms with Gasteiger partial charge in [0.2, 0.25) is 0 Å². The average Bonchev–Trinajstić information content (AvgIpc) is 2.29. The van der Waals surface area contributed by atoms with Gasteiger partial charge < -0.3 is 4.90 Å². The first-order valence-electron chi connectivity index (χ1n) is 5.39. The minimum absolute atomic E-state index is 0.0172. The summed E-state index contributed by atoms with van der Waals surface area (Å²) in [5, 5.41) is 0.0595. The van der Waals surface area contributed by atoms with Gasteiger partial charge in [0.1, 0.15) is 5.82 Å². The smallest absolute Gasteiger partial charge is 0.356 e. The van der Waals surface area contributed by atoms with E-state index in [1.807, 2.05) is 0 Å². The molecule has 1 fully saturated rings. The third-order valence-corrected chi connectivity index (χ3v) is 3.25. The number of anilines is 1. The lowest BCUT2D eigenvalue weighted by Gasteiger charge is -2.31. The normalized spacial score (nSPS) is 18.5. The number of piperidine rings is 1. The molecule has 0 aliphatic carbocycles. The summed E-state index contributed by atoms with van der Waals surface area (Å²) in [5.41, 5.74) is -0.673. The fourth-order valence-electron chi connectivity index (χ4n) is 1.93. The molecule has 2 rings (SSSR count). The summed E-state index contributed by atoms with van der Waals surface area (Å²) in [5.74, 6) is 0.0172. The van der Waals surface area contributed by atoms with Crippen LogP contribution in [-0.2, 0) is 6.18 Å². The number of halogens is 4. The van der Waals surface area contributed by atoms with Gasteiger partial charge in [0.05, 0.1) is 5.56 Å². The fraction of sp³-hybridized carbons (Fsp3) is 0.545. The highest BCUT2D eigenvalue weighted by molar-refractivity contribution is 6.20. The zero-order valence-corrected chi connectivity index (χ0v) is 9.80. The maximum atomic E-state index is 12.8. The van der Waals surface area contributed by atoms with E-state index >= 15 is 0 Å². The summed E-state index contributed by atoms with van der Waals surface area (Å²) in [4.78, 5) is 5.51. The molecular weight excluding hydrogens is 253 g/mol. The average molecular weight is 265 g/mol. The molecule has 17 heavy (non-hydrogen) atoms. The third kappa shape index (κ3) is 2.83. The molecule has 1 saturated heterocycles. The summed E-state index contributed by atoms with van der Waals surface area (Å²) in [6.07, 6.45) is -1.59. The van der Waals surface area contributed by atoms with Crippen molar-refractivity contribution in [1.29, 1.82) is 0 Å². The van der Waals surface area contributed by atoms with Crippen molar-refractivity contribution in [2.45, 2.75) is 24.4 Å². The Bertz CT molecular complexity index is 387. The Morgan fingerprint density at radius 3 is 2.53 bits per heavy atom. The Hall–Kier alpha value is -0.970. The lowest BCUT2D eigenvalue weighted by atomic mass is 10.1. The van der Waals surface area contributed by atoms with Gasteiger partial charge in [-0.3, -0.25) is 0 Å². The highest BCUT2D eigenvalue weighted by Gasteiger charge is 2.36. The summed E-state index contributed by atoms with van der Waals surface area (Å²) in [7, 11) is 0. The number of pyridine rings is 1. The Morgan fingerprint density at radius 1 is 1.29 bits per heavy atom. The van der Waals surface area contributed by atoms with Gasteiger partial charge in [-0.1, -0.05) is 0 Å². The van der Waals surface area contributed by atoms with Crippen molar-refractivity contribution >= 4 is 17.4 Å². The highest BCUT2D eigenvalue weighted by atomic mass is 35.5. The number of rotatable bonds is 1. The first-order valence-corrected chi connectivity index (χ1v) is 5.83. The van der Waals surface area contributed by atoms with E-state index in [0.29, 0.717) is 25.9 Å². The standard InChI is InChI=1S/C11H12ClF3N2/c12-8-3-6-17(7-4-8)10-9(11(13,14)15)2-1-5-16-10/h1-2,5,8H,3-4,6-7H2. The van der Waals surface area contributed by atoms with Crippen molar-refractivity contribution in [1.82, 2.24) is 4.98 Å². The van der Waals surface area contributed by atoms with Crippen LogP contribution in [-0.4, -0.2) is 23.5 Å². The second-order valence-corrected chi connectivity index (χ2v) is 4.65. The van der Waals surface area contributed by atoms with Crippen LogP contribution in [0.25, 0.3) is 0 Å². The monoisotopic (exact) mass is 264 g/mol. The molecule has 2 nitrogen and oxygen atoms in total. The molecule has 0 spiro atoms. The predicted molar refractivity (Wildman–Crippen MR) is 60.3 cm³/mol. The van der Waals surface area contributed by atoms with E-state index in [0.717, 1.165) is 6.07 Å². The molecule has 0 radical (unpaired) electrons. The van der Waals surface area contributed by atoms with Gasteiger partial charge in [-0.05, 0) is 25.0 Å². The molecule has 0 amide bonds. The van der Waals surface area contributed by atoms with Crippen molar-refractivity contribution in [2.24, 2.45) is 0 Å². The van der Waals surface area contributed by atoms with Gasteiger partial charge in [0.15, 0.2) is 0 Å². The maximum absolute atomic E-state index is 12.8. The zero-order chi connectivity index (χ0) is 12.5. The van der Waals surface area contributed by atoms with Crippen LogP contribution in [0.5, 0.6) is 0 Å². The predicted octanol–water partition coefficient (Wildman–Crippen LogP) is 3.31. The topological polar surface area (TPSA) is 16.1 Å². The summed E-state index contributed by atoms with van der Waals surface area (Å²) >= 11 is 5.93. The largest absolute Gasteiger partial charge is 0.419 e. The molecule has 1 aliphatic heterocycles. The second-order valence-electron chi connectivity index (χ2n) is 4.03. The number of alkyl halides is 4. The third-order valence-electron chi connectivity index (χ3n) is 2.82. The van der Waals surface area contributed by atoms with Crippen molar-refractivity contribution in [3.8, 4) is 0 Å². The number of hydrogen-bond donors (Lipinski definition) is 0. The van der Waals surface area contributed by atoms with Crippen molar-refractivity contribution in [2.75, 3.05) is 18.0 Å². The minimum atomic E-state index is -4.36. The van der Waals surface area contributed by atoms with Crippen LogP contribution in [0.15, 0.2) is 18.3 Å². The molecule has 6 heteroatoms. The molecule has 2 heterocycles. The van der Waals surface area contributed by atoms with E-state index in [1.165, 1.54) is 12.3 Å². The van der Waals surface area contributed by atoms with E-state index in [4.69, 9.17) is 11.6 Å². The molecule has 0 aromatic carbocycles. The van der Waals surface area contributed by atoms with Crippen LogP contribution in [0, 0.1) is 0 Å². The molecule has 0 saturated carbocycles.